The van der Waals surface area contributed by atoms with Crippen molar-refractivity contribution in [3.8, 4) is 0 Å². The van der Waals surface area contributed by atoms with Crippen LogP contribution in [0.1, 0.15) is 54.4 Å². The van der Waals surface area contributed by atoms with Gasteiger partial charge in [0.15, 0.2) is 5.69 Å². The van der Waals surface area contributed by atoms with Crippen molar-refractivity contribution in [3.05, 3.63) is 29.1 Å². The van der Waals surface area contributed by atoms with E-state index in [4.69, 9.17) is 4.74 Å². The second-order valence-electron chi connectivity index (χ2n) is 5.80. The SMILES string of the molecule is CCn1cnnc1CCNC(=O)c1n[nH]c2c1C[C@H](C)O[C@@H]2C. The molecule has 0 aromatic carbocycles. The molecule has 0 aliphatic carbocycles. The van der Waals surface area contributed by atoms with Gasteiger partial charge in [0.25, 0.3) is 5.91 Å². The molecule has 3 rings (SSSR count). The summed E-state index contributed by atoms with van der Waals surface area (Å²) in [5.74, 6) is 0.707. The molecular weight excluding hydrogens is 296 g/mol. The summed E-state index contributed by atoms with van der Waals surface area (Å²) in [6.45, 7) is 7.32. The summed E-state index contributed by atoms with van der Waals surface area (Å²) >= 11 is 0. The lowest BCUT2D eigenvalue weighted by atomic mass is 9.99. The van der Waals surface area contributed by atoms with Gasteiger partial charge in [0, 0.05) is 31.5 Å². The highest BCUT2D eigenvalue weighted by Gasteiger charge is 2.29. The van der Waals surface area contributed by atoms with Gasteiger partial charge in [-0.15, -0.1) is 10.2 Å². The number of nitrogens with one attached hydrogen (secondary N) is 2. The van der Waals surface area contributed by atoms with E-state index in [0.29, 0.717) is 25.1 Å². The van der Waals surface area contributed by atoms with Crippen LogP contribution >= 0.6 is 0 Å². The lowest BCUT2D eigenvalue weighted by molar-refractivity contribution is -0.00697. The van der Waals surface area contributed by atoms with Gasteiger partial charge in [0.05, 0.1) is 17.9 Å². The number of aromatic nitrogens is 5. The monoisotopic (exact) mass is 318 g/mol. The third kappa shape index (κ3) is 3.12. The normalized spacial score (nSPS) is 20.3. The lowest BCUT2D eigenvalue weighted by Gasteiger charge is -2.25. The van der Waals surface area contributed by atoms with Crippen LogP contribution in [0.4, 0.5) is 0 Å². The number of carbonyl (C=O) groups excluding carboxylic acids is 1. The van der Waals surface area contributed by atoms with Gasteiger partial charge in [0.2, 0.25) is 0 Å². The molecular formula is C15H22N6O2. The van der Waals surface area contributed by atoms with E-state index in [0.717, 1.165) is 23.6 Å². The van der Waals surface area contributed by atoms with E-state index in [1.165, 1.54) is 0 Å². The Balaban J connectivity index is 1.63. The number of hydrogen-bond donors (Lipinski definition) is 2. The van der Waals surface area contributed by atoms with E-state index >= 15 is 0 Å². The molecule has 23 heavy (non-hydrogen) atoms. The van der Waals surface area contributed by atoms with E-state index in [9.17, 15) is 4.79 Å². The molecule has 3 heterocycles. The topological polar surface area (TPSA) is 97.7 Å². The third-order valence-electron chi connectivity index (χ3n) is 4.12. The Morgan fingerprint density at radius 2 is 2.35 bits per heavy atom. The number of hydrogen-bond acceptors (Lipinski definition) is 5. The number of amides is 1. The zero-order valence-electron chi connectivity index (χ0n) is 13.7. The van der Waals surface area contributed by atoms with Crippen LogP contribution in [0, 0.1) is 0 Å². The van der Waals surface area contributed by atoms with Crippen LogP contribution in [0.2, 0.25) is 0 Å². The Kier molecular flexibility index (Phi) is 4.42. The first-order valence-corrected chi connectivity index (χ1v) is 7.97. The summed E-state index contributed by atoms with van der Waals surface area (Å²) < 4.78 is 7.70. The Morgan fingerprint density at radius 1 is 1.52 bits per heavy atom. The van der Waals surface area contributed by atoms with Crippen molar-refractivity contribution in [1.82, 2.24) is 30.3 Å². The molecule has 1 aliphatic rings. The molecule has 124 valence electrons. The first-order valence-electron chi connectivity index (χ1n) is 7.97. The van der Waals surface area contributed by atoms with Crippen molar-refractivity contribution in [2.24, 2.45) is 0 Å². The van der Waals surface area contributed by atoms with Crippen LogP contribution in [0.15, 0.2) is 6.33 Å². The molecule has 8 nitrogen and oxygen atoms in total. The second-order valence-corrected chi connectivity index (χ2v) is 5.80. The minimum atomic E-state index is -0.161. The summed E-state index contributed by atoms with van der Waals surface area (Å²) in [6, 6.07) is 0. The molecule has 0 unspecified atom stereocenters. The van der Waals surface area contributed by atoms with Gasteiger partial charge < -0.3 is 14.6 Å². The fraction of sp³-hybridized carbons (Fsp3) is 0.600. The van der Waals surface area contributed by atoms with E-state index in [1.54, 1.807) is 6.33 Å². The minimum absolute atomic E-state index is 0.0640. The van der Waals surface area contributed by atoms with E-state index in [1.807, 2.05) is 25.3 Å². The molecule has 1 amide bonds. The quantitative estimate of drug-likeness (QED) is 0.857. The molecule has 0 saturated carbocycles. The first kappa shape index (κ1) is 15.7. The van der Waals surface area contributed by atoms with E-state index in [-0.39, 0.29) is 18.1 Å². The summed E-state index contributed by atoms with van der Waals surface area (Å²) in [5, 5.41) is 18.0. The lowest BCUT2D eigenvalue weighted by Crippen LogP contribution is -2.29. The van der Waals surface area contributed by atoms with Crippen molar-refractivity contribution >= 4 is 5.91 Å². The van der Waals surface area contributed by atoms with E-state index < -0.39 is 0 Å². The number of aryl methyl sites for hydroxylation is 1. The smallest absolute Gasteiger partial charge is 0.272 e. The number of carbonyl (C=O) groups is 1. The van der Waals surface area contributed by atoms with Crippen LogP contribution < -0.4 is 5.32 Å². The average molecular weight is 318 g/mol. The van der Waals surface area contributed by atoms with Gasteiger partial charge in [-0.3, -0.25) is 9.89 Å². The van der Waals surface area contributed by atoms with Crippen LogP contribution in [0.5, 0.6) is 0 Å². The Hall–Kier alpha value is -2.22. The first-order chi connectivity index (χ1) is 11.1. The van der Waals surface area contributed by atoms with Crippen molar-refractivity contribution in [2.75, 3.05) is 6.54 Å². The standard InChI is InChI=1S/C15H22N6O2/c1-4-21-8-17-18-12(21)5-6-16-15(22)14-11-7-9(2)23-10(3)13(11)19-20-14/h8-10H,4-7H2,1-3H3,(H,16,22)(H,19,20)/t9-,10+/m0/s1. The van der Waals surface area contributed by atoms with Crippen molar-refractivity contribution in [2.45, 2.75) is 52.4 Å². The van der Waals surface area contributed by atoms with Crippen LogP contribution in [-0.2, 0) is 24.1 Å². The molecule has 0 spiro atoms. The van der Waals surface area contributed by atoms with Gasteiger partial charge in [0.1, 0.15) is 12.2 Å². The Morgan fingerprint density at radius 3 is 3.13 bits per heavy atom. The van der Waals surface area contributed by atoms with Crippen LogP contribution in [0.25, 0.3) is 0 Å². The molecule has 2 aromatic rings. The maximum Gasteiger partial charge on any atom is 0.272 e. The number of nitrogens with zero attached hydrogens (tertiary/aromatic N) is 4. The van der Waals surface area contributed by atoms with Gasteiger partial charge in [-0.2, -0.15) is 5.10 Å². The third-order valence-corrected chi connectivity index (χ3v) is 4.12. The van der Waals surface area contributed by atoms with Gasteiger partial charge in [-0.1, -0.05) is 0 Å². The number of fused-ring (bicyclic) bond motifs is 1. The van der Waals surface area contributed by atoms with Gasteiger partial charge in [-0.25, -0.2) is 0 Å². The number of rotatable bonds is 5. The van der Waals surface area contributed by atoms with Crippen molar-refractivity contribution < 1.29 is 9.53 Å². The summed E-state index contributed by atoms with van der Waals surface area (Å²) in [7, 11) is 0. The fourth-order valence-electron chi connectivity index (χ4n) is 2.97. The highest BCUT2D eigenvalue weighted by molar-refractivity contribution is 5.94. The zero-order chi connectivity index (χ0) is 16.4. The predicted molar refractivity (Wildman–Crippen MR) is 83.0 cm³/mol. The van der Waals surface area contributed by atoms with Gasteiger partial charge >= 0.3 is 0 Å². The van der Waals surface area contributed by atoms with Crippen molar-refractivity contribution in [3.63, 3.8) is 0 Å². The maximum atomic E-state index is 12.4. The summed E-state index contributed by atoms with van der Waals surface area (Å²) in [5.41, 5.74) is 2.34. The zero-order valence-corrected chi connectivity index (χ0v) is 13.7. The minimum Gasteiger partial charge on any atom is -0.369 e. The molecule has 2 aromatic heterocycles. The van der Waals surface area contributed by atoms with Crippen LogP contribution in [0.3, 0.4) is 0 Å². The molecule has 1 aliphatic heterocycles. The molecule has 0 fully saturated rings. The molecule has 8 heteroatoms. The second kappa shape index (κ2) is 6.49. The van der Waals surface area contributed by atoms with Crippen LogP contribution in [-0.4, -0.2) is 43.5 Å². The van der Waals surface area contributed by atoms with E-state index in [2.05, 4.69) is 25.7 Å². The summed E-state index contributed by atoms with van der Waals surface area (Å²) in [6.07, 6.45) is 3.06. The Labute approximate surface area is 134 Å². The fourth-order valence-corrected chi connectivity index (χ4v) is 2.97. The molecule has 2 atom stereocenters. The van der Waals surface area contributed by atoms with Gasteiger partial charge in [-0.05, 0) is 20.8 Å². The molecule has 2 N–H and O–H groups in total. The van der Waals surface area contributed by atoms with Crippen molar-refractivity contribution in [1.29, 1.82) is 0 Å². The molecule has 0 bridgehead atoms. The largest absolute Gasteiger partial charge is 0.369 e. The number of aromatic amines is 1. The average Bonchev–Trinajstić information content (AvgIpc) is 3.13. The highest BCUT2D eigenvalue weighted by Crippen LogP contribution is 2.29. The molecule has 0 saturated heterocycles. The number of H-pyrrole nitrogens is 1. The highest BCUT2D eigenvalue weighted by atomic mass is 16.5. The maximum absolute atomic E-state index is 12.4. The number of ether oxygens (including phenoxy) is 1. The Bertz CT molecular complexity index is 692. The molecule has 0 radical (unpaired) electrons. The predicted octanol–water partition coefficient (Wildman–Crippen LogP) is 1.02. The summed E-state index contributed by atoms with van der Waals surface area (Å²) in [4.78, 5) is 12.4.